The lowest BCUT2D eigenvalue weighted by molar-refractivity contribution is 0.0947. The summed E-state index contributed by atoms with van der Waals surface area (Å²) in [4.78, 5) is 21.1. The van der Waals surface area contributed by atoms with E-state index in [1.54, 1.807) is 49.2 Å². The third-order valence-corrected chi connectivity index (χ3v) is 4.00. The first-order valence-electron chi connectivity index (χ1n) is 8.25. The van der Waals surface area contributed by atoms with Crippen molar-refractivity contribution in [1.29, 1.82) is 0 Å². The van der Waals surface area contributed by atoms with Crippen LogP contribution in [0.15, 0.2) is 51.9 Å². The average Bonchev–Trinajstić information content (AvgIpc) is 3.41. The molecule has 9 nitrogen and oxygen atoms in total. The fraction of sp³-hybridized carbons (Fsp3) is 0.167. The van der Waals surface area contributed by atoms with Gasteiger partial charge in [0.05, 0.1) is 35.8 Å². The number of aromatic nitrogens is 5. The molecule has 4 aromatic rings. The van der Waals surface area contributed by atoms with Crippen LogP contribution in [0.5, 0.6) is 0 Å². The van der Waals surface area contributed by atoms with E-state index in [0.717, 1.165) is 0 Å². The Balaban J connectivity index is 1.64. The lowest BCUT2D eigenvalue weighted by atomic mass is 10.2. The normalized spacial score (nSPS) is 10.9. The monoisotopic (exact) mass is 364 g/mol. The second kappa shape index (κ2) is 6.87. The molecule has 0 fully saturated rings. The van der Waals surface area contributed by atoms with Crippen LogP contribution >= 0.6 is 0 Å². The van der Waals surface area contributed by atoms with Gasteiger partial charge in [-0.05, 0) is 38.1 Å². The number of aryl methyl sites for hydroxylation is 1. The molecule has 0 radical (unpaired) electrons. The molecule has 4 rings (SSSR count). The number of nitrogens with zero attached hydrogens (tertiary/aromatic N) is 5. The number of carbonyl (C=O) groups excluding carboxylic acids is 1. The number of furan rings is 1. The first kappa shape index (κ1) is 16.7. The molecule has 136 valence electrons. The van der Waals surface area contributed by atoms with Crippen LogP contribution in [0.25, 0.3) is 17.3 Å². The maximum Gasteiger partial charge on any atom is 0.261 e. The van der Waals surface area contributed by atoms with Gasteiger partial charge < -0.3 is 14.3 Å². The van der Waals surface area contributed by atoms with Gasteiger partial charge in [0, 0.05) is 6.20 Å². The van der Waals surface area contributed by atoms with Gasteiger partial charge in [-0.15, -0.1) is 0 Å². The molecule has 0 bridgehead atoms. The number of nitrogens with one attached hydrogen (secondary N) is 1. The van der Waals surface area contributed by atoms with Gasteiger partial charge in [-0.25, -0.2) is 9.67 Å². The van der Waals surface area contributed by atoms with E-state index in [9.17, 15) is 4.79 Å². The quantitative estimate of drug-likeness (QED) is 0.579. The summed E-state index contributed by atoms with van der Waals surface area (Å²) < 4.78 is 12.1. The second-order valence-corrected chi connectivity index (χ2v) is 5.84. The number of rotatable bonds is 5. The highest BCUT2D eigenvalue weighted by atomic mass is 16.5. The summed E-state index contributed by atoms with van der Waals surface area (Å²) in [6.45, 7) is 3.84. The molecule has 0 unspecified atom stereocenters. The summed E-state index contributed by atoms with van der Waals surface area (Å²) in [6, 6.07) is 7.15. The zero-order chi connectivity index (χ0) is 18.8. The average molecular weight is 364 g/mol. The number of pyridine rings is 1. The molecular weight excluding hydrogens is 348 g/mol. The van der Waals surface area contributed by atoms with Gasteiger partial charge in [-0.1, -0.05) is 5.16 Å². The van der Waals surface area contributed by atoms with E-state index in [1.165, 1.54) is 6.20 Å². The SMILES string of the molecule is Cc1noc(-c2cccnc2-n2ncc(C(=O)NCc3ccco3)c2C)n1. The molecule has 1 amide bonds. The minimum atomic E-state index is -0.249. The van der Waals surface area contributed by atoms with Crippen LogP contribution in [0.2, 0.25) is 0 Å². The largest absolute Gasteiger partial charge is 0.467 e. The van der Waals surface area contributed by atoms with Crippen LogP contribution in [-0.4, -0.2) is 30.8 Å². The van der Waals surface area contributed by atoms with Crippen molar-refractivity contribution in [2.45, 2.75) is 20.4 Å². The lowest BCUT2D eigenvalue weighted by Crippen LogP contribution is -2.23. The lowest BCUT2D eigenvalue weighted by Gasteiger charge is -2.08. The number of hydrogen-bond donors (Lipinski definition) is 1. The minimum absolute atomic E-state index is 0.249. The Labute approximate surface area is 154 Å². The van der Waals surface area contributed by atoms with Crippen LogP contribution in [-0.2, 0) is 6.54 Å². The predicted octanol–water partition coefficient (Wildman–Crippen LogP) is 2.46. The highest BCUT2D eigenvalue weighted by Gasteiger charge is 2.20. The molecular formula is C18H16N6O3. The molecule has 1 N–H and O–H groups in total. The van der Waals surface area contributed by atoms with Gasteiger partial charge in [0.25, 0.3) is 11.8 Å². The van der Waals surface area contributed by atoms with E-state index in [0.29, 0.717) is 46.7 Å². The summed E-state index contributed by atoms with van der Waals surface area (Å²) in [5.41, 5.74) is 1.72. The third kappa shape index (κ3) is 3.22. The van der Waals surface area contributed by atoms with Crippen molar-refractivity contribution in [3.8, 4) is 17.3 Å². The van der Waals surface area contributed by atoms with E-state index in [1.807, 2.05) is 6.07 Å². The van der Waals surface area contributed by atoms with Crippen molar-refractivity contribution < 1.29 is 13.7 Å². The molecule has 0 spiro atoms. The van der Waals surface area contributed by atoms with Crippen LogP contribution in [0, 0.1) is 13.8 Å². The van der Waals surface area contributed by atoms with Crippen molar-refractivity contribution in [3.63, 3.8) is 0 Å². The van der Waals surface area contributed by atoms with Crippen molar-refractivity contribution in [1.82, 2.24) is 30.2 Å². The van der Waals surface area contributed by atoms with Gasteiger partial charge in [0.1, 0.15) is 5.76 Å². The summed E-state index contributed by atoms with van der Waals surface area (Å²) >= 11 is 0. The zero-order valence-electron chi connectivity index (χ0n) is 14.7. The molecule has 0 aromatic carbocycles. The smallest absolute Gasteiger partial charge is 0.261 e. The van der Waals surface area contributed by atoms with Crippen LogP contribution in [0.3, 0.4) is 0 Å². The molecule has 4 heterocycles. The molecule has 0 aliphatic carbocycles. The summed E-state index contributed by atoms with van der Waals surface area (Å²) in [5, 5.41) is 11.0. The van der Waals surface area contributed by atoms with Crippen LogP contribution < -0.4 is 5.32 Å². The minimum Gasteiger partial charge on any atom is -0.467 e. The summed E-state index contributed by atoms with van der Waals surface area (Å²) in [6.07, 6.45) is 4.71. The predicted molar refractivity (Wildman–Crippen MR) is 94.0 cm³/mol. The highest BCUT2D eigenvalue weighted by molar-refractivity contribution is 5.95. The van der Waals surface area contributed by atoms with Crippen molar-refractivity contribution in [3.05, 3.63) is 65.8 Å². The van der Waals surface area contributed by atoms with Gasteiger partial charge in [-0.2, -0.15) is 10.1 Å². The van der Waals surface area contributed by atoms with Crippen molar-refractivity contribution in [2.24, 2.45) is 0 Å². The Morgan fingerprint density at radius 2 is 2.15 bits per heavy atom. The fourth-order valence-corrected chi connectivity index (χ4v) is 2.66. The Morgan fingerprint density at radius 1 is 1.26 bits per heavy atom. The Kier molecular flexibility index (Phi) is 4.25. The van der Waals surface area contributed by atoms with Crippen LogP contribution in [0.4, 0.5) is 0 Å². The van der Waals surface area contributed by atoms with Gasteiger partial charge in [0.2, 0.25) is 0 Å². The van der Waals surface area contributed by atoms with Gasteiger partial charge in [-0.3, -0.25) is 4.79 Å². The number of hydrogen-bond acceptors (Lipinski definition) is 7. The maximum atomic E-state index is 12.5. The van der Waals surface area contributed by atoms with Crippen molar-refractivity contribution in [2.75, 3.05) is 0 Å². The maximum absolute atomic E-state index is 12.5. The fourth-order valence-electron chi connectivity index (χ4n) is 2.66. The topological polar surface area (TPSA) is 112 Å². The zero-order valence-corrected chi connectivity index (χ0v) is 14.7. The third-order valence-electron chi connectivity index (χ3n) is 4.00. The van der Waals surface area contributed by atoms with E-state index in [-0.39, 0.29) is 5.91 Å². The highest BCUT2D eigenvalue weighted by Crippen LogP contribution is 2.24. The summed E-state index contributed by atoms with van der Waals surface area (Å²) in [5.74, 6) is 1.79. The van der Waals surface area contributed by atoms with Gasteiger partial charge >= 0.3 is 0 Å². The first-order valence-corrected chi connectivity index (χ1v) is 8.25. The Bertz CT molecular complexity index is 1080. The summed E-state index contributed by atoms with van der Waals surface area (Å²) in [7, 11) is 0. The standard InChI is InChI=1S/C18H16N6O3/c1-11-15(17(25)20-9-13-5-4-8-26-13)10-21-24(11)16-14(6-3-7-19-16)18-22-12(2)23-27-18/h3-8,10H,9H2,1-2H3,(H,20,25). The van der Waals surface area contributed by atoms with Crippen molar-refractivity contribution >= 4 is 5.91 Å². The number of carbonyl (C=O) groups is 1. The van der Waals surface area contributed by atoms with Crippen LogP contribution in [0.1, 0.15) is 27.6 Å². The van der Waals surface area contributed by atoms with E-state index >= 15 is 0 Å². The molecule has 0 atom stereocenters. The molecule has 0 aliphatic rings. The van der Waals surface area contributed by atoms with Gasteiger partial charge in [0.15, 0.2) is 11.6 Å². The molecule has 27 heavy (non-hydrogen) atoms. The molecule has 0 saturated carbocycles. The Morgan fingerprint density at radius 3 is 2.89 bits per heavy atom. The van der Waals surface area contributed by atoms with E-state index < -0.39 is 0 Å². The molecule has 0 saturated heterocycles. The molecule has 4 aromatic heterocycles. The Hall–Kier alpha value is -3.75. The van der Waals surface area contributed by atoms with E-state index in [2.05, 4.69) is 25.5 Å². The second-order valence-electron chi connectivity index (χ2n) is 5.84. The molecule has 0 aliphatic heterocycles. The first-order chi connectivity index (χ1) is 13.1. The number of amides is 1. The van der Waals surface area contributed by atoms with E-state index in [4.69, 9.17) is 8.94 Å². The molecule has 9 heteroatoms.